The summed E-state index contributed by atoms with van der Waals surface area (Å²) in [6.07, 6.45) is 7.99. The van der Waals surface area contributed by atoms with Gasteiger partial charge >= 0.3 is 0 Å². The lowest BCUT2D eigenvalue weighted by Crippen LogP contribution is -2.50. The van der Waals surface area contributed by atoms with Crippen molar-refractivity contribution in [1.29, 1.82) is 0 Å². The van der Waals surface area contributed by atoms with Crippen molar-refractivity contribution in [2.24, 2.45) is 0 Å². The molecule has 1 N–H and O–H groups in total. The smallest absolute Gasteiger partial charge is 0.0323 e. The number of nitrogens with one attached hydrogen (secondary N) is 1. The molecule has 2 heteroatoms. The Kier molecular flexibility index (Phi) is 4.97. The molecule has 0 aromatic heterocycles. The molecule has 2 nitrogen and oxygen atoms in total. The minimum absolute atomic E-state index is 0.545. The van der Waals surface area contributed by atoms with Crippen LogP contribution in [0.3, 0.4) is 0 Å². The summed E-state index contributed by atoms with van der Waals surface area (Å²) in [6, 6.07) is 11.3. The fourth-order valence-electron chi connectivity index (χ4n) is 4.16. The number of benzene rings is 1. The standard InChI is InChI=1S/C19H30N2/c1-3-16-9-11-17(12-10-16)15(2)21-14-5-4-8-19(21)18-7-6-13-20-18/h9-12,15,18-20H,3-8,13-14H2,1-2H3. The molecular formula is C19H30N2. The maximum absolute atomic E-state index is 3.74. The number of likely N-dealkylation sites (tertiary alicyclic amines) is 1. The van der Waals surface area contributed by atoms with Crippen molar-refractivity contribution in [3.63, 3.8) is 0 Å². The number of aryl methyl sites for hydroxylation is 1. The lowest BCUT2D eigenvalue weighted by atomic mass is 9.91. The summed E-state index contributed by atoms with van der Waals surface area (Å²) in [7, 11) is 0. The number of hydrogen-bond donors (Lipinski definition) is 1. The first-order chi connectivity index (χ1) is 10.3. The van der Waals surface area contributed by atoms with E-state index in [1.807, 2.05) is 0 Å². The van der Waals surface area contributed by atoms with Gasteiger partial charge in [0.15, 0.2) is 0 Å². The molecule has 21 heavy (non-hydrogen) atoms. The van der Waals surface area contributed by atoms with Crippen LogP contribution in [-0.4, -0.2) is 30.1 Å². The quantitative estimate of drug-likeness (QED) is 0.902. The summed E-state index contributed by atoms with van der Waals surface area (Å²) in [4.78, 5) is 2.77. The summed E-state index contributed by atoms with van der Waals surface area (Å²) in [5, 5.41) is 3.74. The predicted molar refractivity (Wildman–Crippen MR) is 89.6 cm³/mol. The van der Waals surface area contributed by atoms with Crippen LogP contribution < -0.4 is 5.32 Å². The zero-order valence-corrected chi connectivity index (χ0v) is 13.6. The highest BCUT2D eigenvalue weighted by Gasteiger charge is 2.34. The van der Waals surface area contributed by atoms with Gasteiger partial charge in [-0.25, -0.2) is 0 Å². The normalized spacial score (nSPS) is 28.7. The molecule has 2 heterocycles. The molecule has 2 aliphatic rings. The van der Waals surface area contributed by atoms with E-state index in [2.05, 4.69) is 48.3 Å². The van der Waals surface area contributed by atoms with Gasteiger partial charge in [-0.2, -0.15) is 0 Å². The molecular weight excluding hydrogens is 256 g/mol. The molecule has 1 aromatic carbocycles. The molecule has 3 unspecified atom stereocenters. The molecule has 0 amide bonds. The van der Waals surface area contributed by atoms with E-state index in [0.717, 1.165) is 18.5 Å². The summed E-state index contributed by atoms with van der Waals surface area (Å²) in [6.45, 7) is 7.10. The first-order valence-corrected chi connectivity index (χ1v) is 8.87. The summed E-state index contributed by atoms with van der Waals surface area (Å²) in [5.74, 6) is 0. The number of rotatable bonds is 4. The average Bonchev–Trinajstić information content (AvgIpc) is 3.08. The fourth-order valence-corrected chi connectivity index (χ4v) is 4.16. The highest BCUT2D eigenvalue weighted by atomic mass is 15.2. The van der Waals surface area contributed by atoms with Crippen molar-refractivity contribution in [3.8, 4) is 0 Å². The molecule has 2 aliphatic heterocycles. The Hall–Kier alpha value is -0.860. The van der Waals surface area contributed by atoms with Crippen molar-refractivity contribution in [1.82, 2.24) is 10.2 Å². The van der Waals surface area contributed by atoms with Crippen LogP contribution in [0, 0.1) is 0 Å². The Labute approximate surface area is 129 Å². The van der Waals surface area contributed by atoms with Gasteiger partial charge in [-0.15, -0.1) is 0 Å². The Morgan fingerprint density at radius 1 is 1.14 bits per heavy atom. The fraction of sp³-hybridized carbons (Fsp3) is 0.684. The molecule has 1 aromatic rings. The van der Waals surface area contributed by atoms with Crippen LogP contribution in [-0.2, 0) is 6.42 Å². The zero-order valence-electron chi connectivity index (χ0n) is 13.6. The third-order valence-electron chi connectivity index (χ3n) is 5.52. The minimum atomic E-state index is 0.545. The lowest BCUT2D eigenvalue weighted by Gasteiger charge is -2.43. The van der Waals surface area contributed by atoms with Crippen LogP contribution in [0.1, 0.15) is 63.1 Å². The van der Waals surface area contributed by atoms with E-state index in [1.165, 1.54) is 56.3 Å². The van der Waals surface area contributed by atoms with Gasteiger partial charge in [0.05, 0.1) is 0 Å². The lowest BCUT2D eigenvalue weighted by molar-refractivity contribution is 0.0803. The number of nitrogens with zero attached hydrogens (tertiary/aromatic N) is 1. The average molecular weight is 286 g/mol. The highest BCUT2D eigenvalue weighted by Crippen LogP contribution is 2.32. The van der Waals surface area contributed by atoms with E-state index >= 15 is 0 Å². The maximum Gasteiger partial charge on any atom is 0.0323 e. The summed E-state index contributed by atoms with van der Waals surface area (Å²) < 4.78 is 0. The molecule has 0 aliphatic carbocycles. The first-order valence-electron chi connectivity index (χ1n) is 8.87. The van der Waals surface area contributed by atoms with Crippen LogP contribution >= 0.6 is 0 Å². The van der Waals surface area contributed by atoms with Gasteiger partial charge in [0, 0.05) is 18.1 Å². The third kappa shape index (κ3) is 3.32. The second-order valence-electron chi connectivity index (χ2n) is 6.77. The Bertz CT molecular complexity index is 433. The van der Waals surface area contributed by atoms with Crippen LogP contribution in [0.4, 0.5) is 0 Å². The van der Waals surface area contributed by atoms with Crippen LogP contribution in [0.25, 0.3) is 0 Å². The van der Waals surface area contributed by atoms with E-state index in [1.54, 1.807) is 0 Å². The van der Waals surface area contributed by atoms with E-state index in [0.29, 0.717) is 6.04 Å². The summed E-state index contributed by atoms with van der Waals surface area (Å²) >= 11 is 0. The monoisotopic (exact) mass is 286 g/mol. The largest absolute Gasteiger partial charge is 0.312 e. The van der Waals surface area contributed by atoms with Gasteiger partial charge < -0.3 is 5.32 Å². The van der Waals surface area contributed by atoms with Crippen molar-refractivity contribution < 1.29 is 0 Å². The SMILES string of the molecule is CCc1ccc(C(C)N2CCCCC2C2CCCN2)cc1. The van der Waals surface area contributed by atoms with Gasteiger partial charge in [0.2, 0.25) is 0 Å². The highest BCUT2D eigenvalue weighted by molar-refractivity contribution is 5.25. The maximum atomic E-state index is 3.74. The van der Waals surface area contributed by atoms with Gasteiger partial charge in [-0.1, -0.05) is 37.6 Å². The zero-order chi connectivity index (χ0) is 14.7. The number of piperidine rings is 1. The molecule has 0 spiro atoms. The predicted octanol–water partition coefficient (Wildman–Crippen LogP) is 3.92. The van der Waals surface area contributed by atoms with Crippen molar-refractivity contribution >= 4 is 0 Å². The Balaban J connectivity index is 1.74. The van der Waals surface area contributed by atoms with Crippen molar-refractivity contribution in [2.75, 3.05) is 13.1 Å². The van der Waals surface area contributed by atoms with E-state index in [9.17, 15) is 0 Å². The van der Waals surface area contributed by atoms with Gasteiger partial charge in [-0.05, 0) is 63.2 Å². The van der Waals surface area contributed by atoms with E-state index in [-0.39, 0.29) is 0 Å². The van der Waals surface area contributed by atoms with Gasteiger partial charge in [0.1, 0.15) is 0 Å². The molecule has 2 fully saturated rings. The first kappa shape index (κ1) is 15.1. The second kappa shape index (κ2) is 6.93. The summed E-state index contributed by atoms with van der Waals surface area (Å²) in [5.41, 5.74) is 2.93. The van der Waals surface area contributed by atoms with Crippen LogP contribution in [0.5, 0.6) is 0 Å². The van der Waals surface area contributed by atoms with Gasteiger partial charge in [-0.3, -0.25) is 4.90 Å². The molecule has 2 saturated heterocycles. The molecule has 116 valence electrons. The van der Waals surface area contributed by atoms with Crippen LogP contribution in [0.2, 0.25) is 0 Å². The minimum Gasteiger partial charge on any atom is -0.312 e. The molecule has 3 rings (SSSR count). The Morgan fingerprint density at radius 3 is 2.62 bits per heavy atom. The third-order valence-corrected chi connectivity index (χ3v) is 5.52. The van der Waals surface area contributed by atoms with E-state index in [4.69, 9.17) is 0 Å². The van der Waals surface area contributed by atoms with Gasteiger partial charge in [0.25, 0.3) is 0 Å². The Morgan fingerprint density at radius 2 is 1.95 bits per heavy atom. The molecule has 0 saturated carbocycles. The van der Waals surface area contributed by atoms with Crippen molar-refractivity contribution in [3.05, 3.63) is 35.4 Å². The molecule has 0 bridgehead atoms. The second-order valence-corrected chi connectivity index (χ2v) is 6.77. The van der Waals surface area contributed by atoms with Crippen LogP contribution in [0.15, 0.2) is 24.3 Å². The van der Waals surface area contributed by atoms with Crippen molar-refractivity contribution in [2.45, 2.75) is 70.5 Å². The topological polar surface area (TPSA) is 15.3 Å². The molecule has 0 radical (unpaired) electrons. The van der Waals surface area contributed by atoms with E-state index < -0.39 is 0 Å². The molecule has 3 atom stereocenters. The number of hydrogen-bond acceptors (Lipinski definition) is 2.